The van der Waals surface area contributed by atoms with Gasteiger partial charge in [0, 0.05) is 7.05 Å². The van der Waals surface area contributed by atoms with Crippen molar-refractivity contribution in [1.82, 2.24) is 14.8 Å². The first-order valence-corrected chi connectivity index (χ1v) is 4.60. The normalized spacial score (nSPS) is 10.1. The second kappa shape index (κ2) is 4.09. The molecule has 6 heteroatoms. The van der Waals surface area contributed by atoms with Crippen LogP contribution in [-0.4, -0.2) is 28.1 Å². The number of benzene rings is 1. The van der Waals surface area contributed by atoms with Gasteiger partial charge in [0.2, 0.25) is 11.8 Å². The first-order chi connectivity index (χ1) is 7.76. The Morgan fingerprint density at radius 3 is 2.56 bits per heavy atom. The third-order valence-electron chi connectivity index (χ3n) is 2.10. The summed E-state index contributed by atoms with van der Waals surface area (Å²) in [5, 5.41) is 10.3. The lowest BCUT2D eigenvalue weighted by atomic mass is 10.3. The van der Waals surface area contributed by atoms with E-state index >= 15 is 0 Å². The van der Waals surface area contributed by atoms with Crippen molar-refractivity contribution in [1.29, 1.82) is 0 Å². The summed E-state index contributed by atoms with van der Waals surface area (Å²) in [4.78, 5) is 10.8. The molecule has 0 amide bonds. The molecule has 2 rings (SSSR count). The second-order valence-electron chi connectivity index (χ2n) is 3.06. The van der Waals surface area contributed by atoms with Crippen molar-refractivity contribution in [2.24, 2.45) is 0 Å². The Kier molecular flexibility index (Phi) is 2.63. The Morgan fingerprint density at radius 2 is 2.00 bits per heavy atom. The van der Waals surface area contributed by atoms with Crippen LogP contribution in [0.3, 0.4) is 0 Å². The van der Waals surface area contributed by atoms with Crippen LogP contribution in [0.15, 0.2) is 24.3 Å². The molecule has 82 valence electrons. The molecule has 0 atom stereocenters. The molecular weight excluding hydrogens is 211 g/mol. The molecule has 1 N–H and O–H groups in total. The minimum absolute atomic E-state index is 0.163. The smallest absolute Gasteiger partial charge is 0.229 e. The van der Waals surface area contributed by atoms with Crippen LogP contribution in [0.2, 0.25) is 0 Å². The topological polar surface area (TPSA) is 59.8 Å². The zero-order valence-electron chi connectivity index (χ0n) is 8.51. The average Bonchev–Trinajstić information content (AvgIpc) is 2.73. The fraction of sp³-hybridized carbons (Fsp3) is 0.100. The Bertz CT molecular complexity index is 506. The van der Waals surface area contributed by atoms with E-state index in [-0.39, 0.29) is 11.6 Å². The van der Waals surface area contributed by atoms with Crippen molar-refractivity contribution in [2.45, 2.75) is 0 Å². The van der Waals surface area contributed by atoms with Crippen molar-refractivity contribution in [3.05, 3.63) is 35.9 Å². The highest BCUT2D eigenvalue weighted by Crippen LogP contribution is 2.15. The van der Waals surface area contributed by atoms with Gasteiger partial charge in [-0.1, -0.05) is 0 Å². The molecule has 0 saturated carbocycles. The molecule has 1 aromatic heterocycles. The van der Waals surface area contributed by atoms with E-state index in [1.807, 2.05) is 0 Å². The number of carbonyl (C=O) groups is 1. The molecule has 0 aliphatic rings. The Hall–Kier alpha value is -2.24. The van der Waals surface area contributed by atoms with E-state index in [1.165, 1.54) is 16.7 Å². The van der Waals surface area contributed by atoms with Gasteiger partial charge in [-0.2, -0.15) is 0 Å². The van der Waals surface area contributed by atoms with Gasteiger partial charge in [0.15, 0.2) is 6.29 Å². The van der Waals surface area contributed by atoms with Crippen LogP contribution in [0.25, 0.3) is 5.69 Å². The van der Waals surface area contributed by atoms with E-state index in [0.29, 0.717) is 17.9 Å². The van der Waals surface area contributed by atoms with Gasteiger partial charge >= 0.3 is 0 Å². The van der Waals surface area contributed by atoms with E-state index in [0.717, 1.165) is 0 Å². The van der Waals surface area contributed by atoms with Crippen molar-refractivity contribution in [3.63, 3.8) is 0 Å². The largest absolute Gasteiger partial charge is 0.357 e. The molecular formula is C10H9FN4O. The number of carbonyl (C=O) groups excluding carboxylic acids is 1. The SMILES string of the molecule is CNc1nnc(C=O)n1-c1ccc(F)cc1. The number of nitrogens with one attached hydrogen (secondary N) is 1. The maximum absolute atomic E-state index is 12.8. The predicted molar refractivity (Wildman–Crippen MR) is 56.3 cm³/mol. The number of anilines is 1. The van der Waals surface area contributed by atoms with Crippen molar-refractivity contribution < 1.29 is 9.18 Å². The molecule has 0 bridgehead atoms. The van der Waals surface area contributed by atoms with Crippen LogP contribution in [0.4, 0.5) is 10.3 Å². The van der Waals surface area contributed by atoms with E-state index < -0.39 is 0 Å². The summed E-state index contributed by atoms with van der Waals surface area (Å²) < 4.78 is 14.3. The highest BCUT2D eigenvalue weighted by atomic mass is 19.1. The lowest BCUT2D eigenvalue weighted by molar-refractivity contribution is 0.111. The number of aromatic nitrogens is 3. The standard InChI is InChI=1S/C10H9FN4O/c1-12-10-14-13-9(6-16)15(10)8-4-2-7(11)3-5-8/h2-6H,1H3,(H,12,14). The number of nitrogens with zero attached hydrogens (tertiary/aromatic N) is 3. The summed E-state index contributed by atoms with van der Waals surface area (Å²) >= 11 is 0. The number of aldehydes is 1. The van der Waals surface area contributed by atoms with Crippen molar-refractivity contribution >= 4 is 12.2 Å². The first-order valence-electron chi connectivity index (χ1n) is 4.60. The highest BCUT2D eigenvalue weighted by Gasteiger charge is 2.11. The van der Waals surface area contributed by atoms with E-state index in [4.69, 9.17) is 0 Å². The molecule has 0 unspecified atom stereocenters. The second-order valence-corrected chi connectivity index (χ2v) is 3.06. The van der Waals surface area contributed by atoms with Crippen LogP contribution < -0.4 is 5.32 Å². The van der Waals surface area contributed by atoms with Gasteiger partial charge in [0.1, 0.15) is 5.82 Å². The fourth-order valence-electron chi connectivity index (χ4n) is 1.38. The van der Waals surface area contributed by atoms with Crippen LogP contribution in [-0.2, 0) is 0 Å². The predicted octanol–water partition coefficient (Wildman–Crippen LogP) is 1.26. The van der Waals surface area contributed by atoms with Crippen molar-refractivity contribution in [2.75, 3.05) is 12.4 Å². The molecule has 5 nitrogen and oxygen atoms in total. The van der Waals surface area contributed by atoms with E-state index in [9.17, 15) is 9.18 Å². The first kappa shape index (κ1) is 10.3. The van der Waals surface area contributed by atoms with Gasteiger partial charge in [0.25, 0.3) is 0 Å². The average molecular weight is 220 g/mol. The summed E-state index contributed by atoms with van der Waals surface area (Å²) in [6.07, 6.45) is 0.594. The van der Waals surface area contributed by atoms with E-state index in [2.05, 4.69) is 15.5 Å². The van der Waals surface area contributed by atoms with Crippen molar-refractivity contribution in [3.8, 4) is 5.69 Å². The monoisotopic (exact) mass is 220 g/mol. The third kappa shape index (κ3) is 1.65. The molecule has 1 heterocycles. The summed E-state index contributed by atoms with van der Waals surface area (Å²) in [6.45, 7) is 0. The number of hydrogen-bond donors (Lipinski definition) is 1. The molecule has 16 heavy (non-hydrogen) atoms. The minimum atomic E-state index is -0.338. The zero-order valence-corrected chi connectivity index (χ0v) is 8.51. The van der Waals surface area contributed by atoms with Gasteiger partial charge in [-0.25, -0.2) is 4.39 Å². The summed E-state index contributed by atoms with van der Waals surface area (Å²) in [7, 11) is 1.67. The quantitative estimate of drug-likeness (QED) is 0.791. The molecule has 0 fully saturated rings. The van der Waals surface area contributed by atoms with Gasteiger partial charge in [0.05, 0.1) is 5.69 Å². The number of halogens is 1. The summed E-state index contributed by atoms with van der Waals surface area (Å²) in [5.74, 6) is 0.250. The van der Waals surface area contributed by atoms with Crippen LogP contribution in [0.1, 0.15) is 10.6 Å². The molecule has 0 saturated heterocycles. The lowest BCUT2D eigenvalue weighted by Gasteiger charge is -2.06. The molecule has 0 aliphatic carbocycles. The van der Waals surface area contributed by atoms with Crippen LogP contribution >= 0.6 is 0 Å². The maximum atomic E-state index is 12.8. The minimum Gasteiger partial charge on any atom is -0.357 e. The summed E-state index contributed by atoms with van der Waals surface area (Å²) in [6, 6.07) is 5.71. The third-order valence-corrected chi connectivity index (χ3v) is 2.10. The highest BCUT2D eigenvalue weighted by molar-refractivity contribution is 5.72. The van der Waals surface area contributed by atoms with Gasteiger partial charge in [-0.15, -0.1) is 10.2 Å². The van der Waals surface area contributed by atoms with E-state index in [1.54, 1.807) is 19.2 Å². The lowest BCUT2D eigenvalue weighted by Crippen LogP contribution is -2.04. The van der Waals surface area contributed by atoms with Gasteiger partial charge in [-0.3, -0.25) is 9.36 Å². The molecule has 2 aromatic rings. The van der Waals surface area contributed by atoms with Gasteiger partial charge < -0.3 is 5.32 Å². The Balaban J connectivity index is 2.57. The summed E-state index contributed by atoms with van der Waals surface area (Å²) in [5.41, 5.74) is 0.623. The Labute approximate surface area is 90.9 Å². The van der Waals surface area contributed by atoms with Crippen LogP contribution in [0, 0.1) is 5.82 Å². The molecule has 0 spiro atoms. The molecule has 0 aliphatic heterocycles. The fourth-order valence-corrected chi connectivity index (χ4v) is 1.38. The zero-order chi connectivity index (χ0) is 11.5. The maximum Gasteiger partial charge on any atom is 0.229 e. The molecule has 0 radical (unpaired) electrons. The number of rotatable bonds is 3. The number of hydrogen-bond acceptors (Lipinski definition) is 4. The van der Waals surface area contributed by atoms with Gasteiger partial charge in [-0.05, 0) is 24.3 Å². The Morgan fingerprint density at radius 1 is 1.31 bits per heavy atom. The van der Waals surface area contributed by atoms with Crippen LogP contribution in [0.5, 0.6) is 0 Å². The molecule has 1 aromatic carbocycles.